The Morgan fingerprint density at radius 3 is 2.72 bits per heavy atom. The average Bonchev–Trinajstić information content (AvgIpc) is 3.20. The Balaban J connectivity index is 1.60. The van der Waals surface area contributed by atoms with Gasteiger partial charge >= 0.3 is 0 Å². The van der Waals surface area contributed by atoms with Crippen LogP contribution in [0.5, 0.6) is 0 Å². The van der Waals surface area contributed by atoms with Crippen LogP contribution in [0, 0.1) is 12.8 Å². The Bertz CT molecular complexity index is 1040. The Kier molecular flexibility index (Phi) is 9.18. The van der Waals surface area contributed by atoms with Gasteiger partial charge in [-0.25, -0.2) is 4.98 Å². The van der Waals surface area contributed by atoms with E-state index >= 15 is 0 Å². The van der Waals surface area contributed by atoms with Crippen molar-refractivity contribution in [1.82, 2.24) is 14.6 Å². The van der Waals surface area contributed by atoms with Crippen molar-refractivity contribution >= 4 is 40.7 Å². The van der Waals surface area contributed by atoms with E-state index in [4.69, 9.17) is 4.84 Å². The molecule has 0 radical (unpaired) electrons. The van der Waals surface area contributed by atoms with E-state index in [0.29, 0.717) is 34.6 Å². The zero-order valence-electron chi connectivity index (χ0n) is 18.4. The molecular weight excluding hydrogens is 442 g/mol. The molecule has 2 aromatic heterocycles. The standard InChI is InChI=1S/C23H27N5O2S2/c1-16(2)12-13-31-15-21(29)25-20-11-7-10-19(24-20)14-30-27-23(18-8-5-4-6-9-18)22-17(3)32-28-26-22/h4-11,16H,12-15H2,1-3H3,(H,24,25,29)/b27-23+. The number of oxime groups is 1. The summed E-state index contributed by atoms with van der Waals surface area (Å²) in [6, 6.07) is 15.2. The second-order valence-electron chi connectivity index (χ2n) is 7.55. The van der Waals surface area contributed by atoms with E-state index in [2.05, 4.69) is 38.9 Å². The van der Waals surface area contributed by atoms with Gasteiger partial charge in [0.05, 0.1) is 16.3 Å². The molecule has 1 N–H and O–H groups in total. The first-order valence-corrected chi connectivity index (χ1v) is 12.3. The van der Waals surface area contributed by atoms with Crippen molar-refractivity contribution in [3.8, 4) is 0 Å². The fraction of sp³-hybridized carbons (Fsp3) is 0.348. The number of nitrogens with one attached hydrogen (secondary N) is 1. The van der Waals surface area contributed by atoms with Gasteiger partial charge in [0.15, 0.2) is 6.61 Å². The summed E-state index contributed by atoms with van der Waals surface area (Å²) in [6.07, 6.45) is 1.10. The van der Waals surface area contributed by atoms with Gasteiger partial charge in [-0.15, -0.1) is 5.10 Å². The summed E-state index contributed by atoms with van der Waals surface area (Å²) in [4.78, 5) is 23.2. The number of carbonyl (C=O) groups is 1. The number of amides is 1. The van der Waals surface area contributed by atoms with E-state index in [1.54, 1.807) is 17.8 Å². The first-order valence-electron chi connectivity index (χ1n) is 10.4. The monoisotopic (exact) mass is 469 g/mol. The van der Waals surface area contributed by atoms with E-state index in [1.807, 2.05) is 49.4 Å². The quantitative estimate of drug-likeness (QED) is 0.243. The lowest BCUT2D eigenvalue weighted by Gasteiger charge is -2.08. The molecule has 32 heavy (non-hydrogen) atoms. The highest BCUT2D eigenvalue weighted by Crippen LogP contribution is 2.16. The highest BCUT2D eigenvalue weighted by molar-refractivity contribution is 7.99. The summed E-state index contributed by atoms with van der Waals surface area (Å²) in [5.74, 6) is 2.49. The highest BCUT2D eigenvalue weighted by Gasteiger charge is 2.15. The lowest BCUT2D eigenvalue weighted by Crippen LogP contribution is -2.16. The van der Waals surface area contributed by atoms with E-state index in [0.717, 1.165) is 22.6 Å². The van der Waals surface area contributed by atoms with Gasteiger partial charge < -0.3 is 10.2 Å². The summed E-state index contributed by atoms with van der Waals surface area (Å²) in [5, 5.41) is 11.4. The zero-order valence-corrected chi connectivity index (χ0v) is 20.1. The van der Waals surface area contributed by atoms with Crippen molar-refractivity contribution in [3.05, 3.63) is 70.4 Å². The fourth-order valence-corrected chi connectivity index (χ4v) is 4.24. The lowest BCUT2D eigenvalue weighted by molar-refractivity contribution is -0.113. The van der Waals surface area contributed by atoms with Gasteiger partial charge in [0.1, 0.15) is 17.2 Å². The van der Waals surface area contributed by atoms with Gasteiger partial charge in [0.2, 0.25) is 5.91 Å². The van der Waals surface area contributed by atoms with Crippen molar-refractivity contribution < 1.29 is 9.63 Å². The summed E-state index contributed by atoms with van der Waals surface area (Å²) < 4.78 is 4.01. The predicted octanol–water partition coefficient (Wildman–Crippen LogP) is 4.93. The first kappa shape index (κ1) is 23.9. The van der Waals surface area contributed by atoms with E-state index in [-0.39, 0.29) is 12.5 Å². The molecule has 0 fully saturated rings. The van der Waals surface area contributed by atoms with Crippen LogP contribution >= 0.6 is 23.3 Å². The maximum Gasteiger partial charge on any atom is 0.235 e. The number of hydrogen-bond acceptors (Lipinski definition) is 8. The van der Waals surface area contributed by atoms with Gasteiger partial charge in [-0.1, -0.05) is 59.9 Å². The van der Waals surface area contributed by atoms with Crippen molar-refractivity contribution in [3.63, 3.8) is 0 Å². The molecule has 0 atom stereocenters. The van der Waals surface area contributed by atoms with Crippen LogP contribution in [0.15, 0.2) is 53.7 Å². The molecule has 1 amide bonds. The van der Waals surface area contributed by atoms with Crippen LogP contribution in [0.2, 0.25) is 0 Å². The number of thioether (sulfide) groups is 1. The molecular formula is C23H27N5O2S2. The number of aryl methyl sites for hydroxylation is 1. The summed E-state index contributed by atoms with van der Waals surface area (Å²) >= 11 is 2.96. The lowest BCUT2D eigenvalue weighted by atomic mass is 10.1. The molecule has 0 unspecified atom stereocenters. The zero-order chi connectivity index (χ0) is 22.8. The minimum Gasteiger partial charge on any atom is -0.389 e. The van der Waals surface area contributed by atoms with E-state index < -0.39 is 0 Å². The van der Waals surface area contributed by atoms with Crippen LogP contribution in [-0.4, -0.2) is 37.7 Å². The van der Waals surface area contributed by atoms with Gasteiger partial charge in [0.25, 0.3) is 0 Å². The molecule has 1 aromatic carbocycles. The van der Waals surface area contributed by atoms with Gasteiger partial charge in [-0.05, 0) is 48.7 Å². The van der Waals surface area contributed by atoms with Crippen LogP contribution in [-0.2, 0) is 16.2 Å². The number of nitrogens with zero attached hydrogens (tertiary/aromatic N) is 4. The Morgan fingerprint density at radius 2 is 2.00 bits per heavy atom. The number of benzene rings is 1. The SMILES string of the molecule is Cc1snnc1/C(=N/OCc1cccc(NC(=O)CSCCC(C)C)n1)c1ccccc1. The summed E-state index contributed by atoms with van der Waals surface area (Å²) in [6.45, 7) is 6.48. The minimum absolute atomic E-state index is 0.0554. The Morgan fingerprint density at radius 1 is 1.19 bits per heavy atom. The second kappa shape index (κ2) is 12.3. The Labute approximate surface area is 196 Å². The molecule has 3 aromatic rings. The minimum atomic E-state index is -0.0554. The predicted molar refractivity (Wildman–Crippen MR) is 131 cm³/mol. The second-order valence-corrected chi connectivity index (χ2v) is 9.62. The van der Waals surface area contributed by atoms with Crippen LogP contribution in [0.4, 0.5) is 5.82 Å². The smallest absolute Gasteiger partial charge is 0.235 e. The number of pyridine rings is 1. The largest absolute Gasteiger partial charge is 0.389 e. The van der Waals surface area contributed by atoms with Crippen LogP contribution in [0.1, 0.15) is 42.1 Å². The number of hydrogen-bond donors (Lipinski definition) is 1. The highest BCUT2D eigenvalue weighted by atomic mass is 32.2. The van der Waals surface area contributed by atoms with E-state index in [1.165, 1.54) is 11.5 Å². The molecule has 2 heterocycles. The number of rotatable bonds is 11. The molecule has 0 aliphatic rings. The molecule has 9 heteroatoms. The third-order valence-electron chi connectivity index (χ3n) is 4.44. The van der Waals surface area contributed by atoms with Crippen molar-refractivity contribution in [2.45, 2.75) is 33.8 Å². The average molecular weight is 470 g/mol. The summed E-state index contributed by atoms with van der Waals surface area (Å²) in [5.41, 5.74) is 2.89. The van der Waals surface area contributed by atoms with Gasteiger partial charge in [0, 0.05) is 5.56 Å². The van der Waals surface area contributed by atoms with Gasteiger partial charge in [-0.3, -0.25) is 4.79 Å². The molecule has 168 valence electrons. The van der Waals surface area contributed by atoms with Crippen LogP contribution < -0.4 is 5.32 Å². The number of anilines is 1. The third-order valence-corrected chi connectivity index (χ3v) is 6.06. The van der Waals surface area contributed by atoms with Crippen molar-refractivity contribution in [1.29, 1.82) is 0 Å². The van der Waals surface area contributed by atoms with Crippen LogP contribution in [0.25, 0.3) is 0 Å². The molecule has 0 aliphatic carbocycles. The molecule has 0 saturated heterocycles. The fourth-order valence-electron chi connectivity index (χ4n) is 2.73. The third kappa shape index (κ3) is 7.42. The molecule has 0 aliphatic heterocycles. The maximum absolute atomic E-state index is 12.2. The molecule has 0 bridgehead atoms. The van der Waals surface area contributed by atoms with E-state index in [9.17, 15) is 4.79 Å². The van der Waals surface area contributed by atoms with Crippen LogP contribution in [0.3, 0.4) is 0 Å². The van der Waals surface area contributed by atoms with Crippen molar-refractivity contribution in [2.24, 2.45) is 11.1 Å². The molecule has 0 saturated carbocycles. The van der Waals surface area contributed by atoms with Gasteiger partial charge in [-0.2, -0.15) is 11.8 Å². The normalized spacial score (nSPS) is 11.6. The molecule has 7 nitrogen and oxygen atoms in total. The first-order chi connectivity index (χ1) is 15.5. The molecule has 3 rings (SSSR count). The summed E-state index contributed by atoms with van der Waals surface area (Å²) in [7, 11) is 0. The number of carbonyl (C=O) groups excluding carboxylic acids is 1. The molecule has 0 spiro atoms. The Hall–Kier alpha value is -2.78. The number of aromatic nitrogens is 3. The topological polar surface area (TPSA) is 89.4 Å². The van der Waals surface area contributed by atoms with Crippen molar-refractivity contribution in [2.75, 3.05) is 16.8 Å². The maximum atomic E-state index is 12.2.